The molecule has 0 aliphatic carbocycles. The van der Waals surface area contributed by atoms with Crippen LogP contribution >= 0.6 is 0 Å². The summed E-state index contributed by atoms with van der Waals surface area (Å²) < 4.78 is 0. The number of anilines is 1. The van der Waals surface area contributed by atoms with Crippen molar-refractivity contribution in [2.75, 3.05) is 31.1 Å². The monoisotopic (exact) mass is 328 g/mol. The molecule has 2 rings (SSSR count). The summed E-state index contributed by atoms with van der Waals surface area (Å²) in [7, 11) is 0. The maximum absolute atomic E-state index is 12.2. The number of hydrogen-bond acceptors (Lipinski definition) is 2. The predicted molar refractivity (Wildman–Crippen MR) is 102 cm³/mol. The van der Waals surface area contributed by atoms with Crippen molar-refractivity contribution >= 4 is 11.6 Å². The quantitative estimate of drug-likeness (QED) is 0.516. The minimum Gasteiger partial charge on any atom is -0.368 e. The zero-order valence-corrected chi connectivity index (χ0v) is 15.3. The van der Waals surface area contributed by atoms with E-state index in [1.165, 1.54) is 43.4 Å². The summed E-state index contributed by atoms with van der Waals surface area (Å²) in [6.07, 6.45) is 11.3. The van der Waals surface area contributed by atoms with Gasteiger partial charge in [0.05, 0.1) is 0 Å². The standard InChI is InChI=1S/C21H32N2O/c1-3-4-5-6-7-8-9-10-21(24)23-17-15-22(16-18-23)20-13-11-19(2)12-14-20/h9-14H,3-8,15-18H2,1-2H3/b10-9+. The second kappa shape index (κ2) is 10.2. The second-order valence-electron chi connectivity index (χ2n) is 6.75. The zero-order chi connectivity index (χ0) is 17.2. The molecule has 0 bridgehead atoms. The molecule has 132 valence electrons. The Hall–Kier alpha value is -1.77. The summed E-state index contributed by atoms with van der Waals surface area (Å²) in [5.74, 6) is 0.173. The topological polar surface area (TPSA) is 23.6 Å². The minimum atomic E-state index is 0.173. The average Bonchev–Trinajstić information content (AvgIpc) is 2.61. The number of piperazine rings is 1. The van der Waals surface area contributed by atoms with Crippen LogP contribution in [-0.2, 0) is 4.79 Å². The molecular formula is C21H32N2O. The third-order valence-corrected chi connectivity index (χ3v) is 4.73. The molecule has 0 saturated carbocycles. The molecule has 1 amide bonds. The van der Waals surface area contributed by atoms with Gasteiger partial charge in [-0.2, -0.15) is 0 Å². The molecule has 3 nitrogen and oxygen atoms in total. The molecule has 1 saturated heterocycles. The number of rotatable bonds is 8. The van der Waals surface area contributed by atoms with Gasteiger partial charge in [0.1, 0.15) is 0 Å². The van der Waals surface area contributed by atoms with Crippen LogP contribution in [0.2, 0.25) is 0 Å². The molecule has 0 unspecified atom stereocenters. The number of unbranched alkanes of at least 4 members (excludes halogenated alkanes) is 5. The van der Waals surface area contributed by atoms with Crippen molar-refractivity contribution in [1.82, 2.24) is 4.90 Å². The summed E-state index contributed by atoms with van der Waals surface area (Å²) in [4.78, 5) is 16.6. The molecule has 3 heteroatoms. The highest BCUT2D eigenvalue weighted by molar-refractivity contribution is 5.87. The van der Waals surface area contributed by atoms with E-state index in [1.54, 1.807) is 6.08 Å². The van der Waals surface area contributed by atoms with E-state index in [9.17, 15) is 4.79 Å². The molecule has 1 aromatic rings. The number of hydrogen-bond donors (Lipinski definition) is 0. The van der Waals surface area contributed by atoms with Gasteiger partial charge in [0.2, 0.25) is 5.91 Å². The summed E-state index contributed by atoms with van der Waals surface area (Å²) >= 11 is 0. The van der Waals surface area contributed by atoms with Gasteiger partial charge in [-0.1, -0.05) is 56.4 Å². The first kappa shape index (κ1) is 18.6. The lowest BCUT2D eigenvalue weighted by Gasteiger charge is -2.35. The third-order valence-electron chi connectivity index (χ3n) is 4.73. The van der Waals surface area contributed by atoms with Crippen molar-refractivity contribution in [3.8, 4) is 0 Å². The molecule has 0 aromatic heterocycles. The number of aryl methyl sites for hydroxylation is 1. The van der Waals surface area contributed by atoms with Gasteiger partial charge in [-0.3, -0.25) is 4.79 Å². The number of amides is 1. The van der Waals surface area contributed by atoms with Crippen molar-refractivity contribution in [2.45, 2.75) is 52.4 Å². The number of allylic oxidation sites excluding steroid dienone is 1. The van der Waals surface area contributed by atoms with Crippen LogP contribution in [-0.4, -0.2) is 37.0 Å². The largest absolute Gasteiger partial charge is 0.368 e. The van der Waals surface area contributed by atoms with E-state index in [2.05, 4.69) is 49.1 Å². The number of carbonyl (C=O) groups excluding carboxylic acids is 1. The lowest BCUT2D eigenvalue weighted by molar-refractivity contribution is -0.126. The van der Waals surface area contributed by atoms with Crippen molar-refractivity contribution in [2.24, 2.45) is 0 Å². The Morgan fingerprint density at radius 2 is 1.67 bits per heavy atom. The molecule has 0 spiro atoms. The number of nitrogens with zero attached hydrogens (tertiary/aromatic N) is 2. The highest BCUT2D eigenvalue weighted by Crippen LogP contribution is 2.17. The molecule has 1 fully saturated rings. The third kappa shape index (κ3) is 6.03. The molecule has 1 heterocycles. The van der Waals surface area contributed by atoms with Gasteiger partial charge in [-0.15, -0.1) is 0 Å². The fraction of sp³-hybridized carbons (Fsp3) is 0.571. The summed E-state index contributed by atoms with van der Waals surface area (Å²) in [6.45, 7) is 7.80. The summed E-state index contributed by atoms with van der Waals surface area (Å²) in [5.41, 5.74) is 2.54. The van der Waals surface area contributed by atoms with Crippen LogP contribution in [0.3, 0.4) is 0 Å². The average molecular weight is 329 g/mol. The van der Waals surface area contributed by atoms with E-state index in [-0.39, 0.29) is 5.91 Å². The Kier molecular flexibility index (Phi) is 7.87. The van der Waals surface area contributed by atoms with E-state index in [0.29, 0.717) is 0 Å². The van der Waals surface area contributed by atoms with Gasteiger partial charge in [0.15, 0.2) is 0 Å². The van der Waals surface area contributed by atoms with E-state index < -0.39 is 0 Å². The van der Waals surface area contributed by atoms with Crippen LogP contribution in [0.5, 0.6) is 0 Å². The Labute approximate surface area is 147 Å². The van der Waals surface area contributed by atoms with Gasteiger partial charge >= 0.3 is 0 Å². The van der Waals surface area contributed by atoms with Crippen molar-refractivity contribution < 1.29 is 4.79 Å². The van der Waals surface area contributed by atoms with Crippen LogP contribution < -0.4 is 4.90 Å². The van der Waals surface area contributed by atoms with Gasteiger partial charge in [-0.25, -0.2) is 0 Å². The first-order chi connectivity index (χ1) is 11.7. The van der Waals surface area contributed by atoms with Crippen LogP contribution in [0.25, 0.3) is 0 Å². The van der Waals surface area contributed by atoms with E-state index in [4.69, 9.17) is 0 Å². The summed E-state index contributed by atoms with van der Waals surface area (Å²) in [6, 6.07) is 8.64. The van der Waals surface area contributed by atoms with Crippen molar-refractivity contribution in [3.05, 3.63) is 42.0 Å². The van der Waals surface area contributed by atoms with Gasteiger partial charge in [-0.05, 0) is 38.0 Å². The minimum absolute atomic E-state index is 0.173. The number of benzene rings is 1. The molecule has 1 aromatic carbocycles. The normalized spacial score (nSPS) is 15.2. The highest BCUT2D eigenvalue weighted by atomic mass is 16.2. The van der Waals surface area contributed by atoms with Gasteiger partial charge < -0.3 is 9.80 Å². The molecule has 0 atom stereocenters. The molecule has 24 heavy (non-hydrogen) atoms. The van der Waals surface area contributed by atoms with Crippen LogP contribution in [0.15, 0.2) is 36.4 Å². The Bertz CT molecular complexity index is 513. The fourth-order valence-electron chi connectivity index (χ4n) is 3.10. The van der Waals surface area contributed by atoms with E-state index >= 15 is 0 Å². The molecular weight excluding hydrogens is 296 g/mol. The highest BCUT2D eigenvalue weighted by Gasteiger charge is 2.19. The summed E-state index contributed by atoms with van der Waals surface area (Å²) in [5, 5.41) is 0. The van der Waals surface area contributed by atoms with Gasteiger partial charge in [0.25, 0.3) is 0 Å². The Morgan fingerprint density at radius 1 is 1.00 bits per heavy atom. The van der Waals surface area contributed by atoms with Crippen molar-refractivity contribution in [3.63, 3.8) is 0 Å². The van der Waals surface area contributed by atoms with Crippen LogP contribution in [0, 0.1) is 6.92 Å². The second-order valence-corrected chi connectivity index (χ2v) is 6.75. The van der Waals surface area contributed by atoms with Crippen LogP contribution in [0.1, 0.15) is 51.0 Å². The molecule has 1 aliphatic rings. The van der Waals surface area contributed by atoms with E-state index in [0.717, 1.165) is 32.6 Å². The van der Waals surface area contributed by atoms with Crippen LogP contribution in [0.4, 0.5) is 5.69 Å². The van der Waals surface area contributed by atoms with Crippen molar-refractivity contribution in [1.29, 1.82) is 0 Å². The Morgan fingerprint density at radius 3 is 2.33 bits per heavy atom. The smallest absolute Gasteiger partial charge is 0.246 e. The Balaban J connectivity index is 1.67. The lowest BCUT2D eigenvalue weighted by atomic mass is 10.1. The predicted octanol–water partition coefficient (Wildman–Crippen LogP) is 4.56. The molecule has 1 aliphatic heterocycles. The van der Waals surface area contributed by atoms with E-state index in [1.807, 2.05) is 4.90 Å². The zero-order valence-electron chi connectivity index (χ0n) is 15.3. The maximum atomic E-state index is 12.2. The first-order valence-electron chi connectivity index (χ1n) is 9.47. The SMILES string of the molecule is CCCCCCC/C=C/C(=O)N1CCN(c2ccc(C)cc2)CC1. The fourth-order valence-corrected chi connectivity index (χ4v) is 3.10. The first-order valence-corrected chi connectivity index (χ1v) is 9.47. The molecule has 0 radical (unpaired) electrons. The lowest BCUT2D eigenvalue weighted by Crippen LogP contribution is -2.48. The van der Waals surface area contributed by atoms with Gasteiger partial charge in [0, 0.05) is 31.9 Å². The number of carbonyl (C=O) groups is 1. The molecule has 0 N–H and O–H groups in total. The maximum Gasteiger partial charge on any atom is 0.246 e.